The summed E-state index contributed by atoms with van der Waals surface area (Å²) in [6, 6.07) is 7.39. The zero-order valence-electron chi connectivity index (χ0n) is 9.61. The second-order valence-electron chi connectivity index (χ2n) is 3.92. The minimum atomic E-state index is -0.852. The lowest BCUT2D eigenvalue weighted by atomic mass is 10.0. The Morgan fingerprint density at radius 2 is 2.06 bits per heavy atom. The molecule has 0 fully saturated rings. The van der Waals surface area contributed by atoms with Gasteiger partial charge in [0.05, 0.1) is 6.04 Å². The number of halogens is 2. The molecule has 2 rings (SSSR count). The van der Waals surface area contributed by atoms with Gasteiger partial charge in [0.25, 0.3) is 0 Å². The molecule has 0 amide bonds. The summed E-state index contributed by atoms with van der Waals surface area (Å²) < 4.78 is 26.7. The topological polar surface area (TPSA) is 50.9 Å². The molecular weight excluding hydrogens is 236 g/mol. The predicted octanol–water partition coefficient (Wildman–Crippen LogP) is 2.11. The van der Waals surface area contributed by atoms with Crippen molar-refractivity contribution in [3.63, 3.8) is 0 Å². The Balaban J connectivity index is 2.24. The summed E-state index contributed by atoms with van der Waals surface area (Å²) in [5.74, 6) is 3.76. The fourth-order valence-electron chi connectivity index (χ4n) is 1.78. The number of nitrogens with zero attached hydrogens (tertiary/aromatic N) is 1. The zero-order valence-corrected chi connectivity index (χ0v) is 9.61. The Hall–Kier alpha value is -1.85. The van der Waals surface area contributed by atoms with Gasteiger partial charge in [-0.25, -0.2) is 8.78 Å². The maximum Gasteiger partial charge on any atom is 0.162 e. The SMILES string of the molecule is NNC(Cc1cccc(F)c1F)c1cccnc1. The van der Waals surface area contributed by atoms with E-state index in [2.05, 4.69) is 10.4 Å². The van der Waals surface area contributed by atoms with Crippen molar-refractivity contribution in [3.8, 4) is 0 Å². The van der Waals surface area contributed by atoms with E-state index in [0.717, 1.165) is 11.6 Å². The van der Waals surface area contributed by atoms with E-state index in [1.54, 1.807) is 24.5 Å². The number of rotatable bonds is 4. The molecule has 0 bridgehead atoms. The number of nitrogens with two attached hydrogens (primary N) is 1. The summed E-state index contributed by atoms with van der Waals surface area (Å²) in [5, 5.41) is 0. The fraction of sp³-hybridized carbons (Fsp3) is 0.154. The third kappa shape index (κ3) is 2.69. The van der Waals surface area contributed by atoms with Crippen molar-refractivity contribution in [2.75, 3.05) is 0 Å². The van der Waals surface area contributed by atoms with E-state index in [9.17, 15) is 8.78 Å². The van der Waals surface area contributed by atoms with Crippen LogP contribution >= 0.6 is 0 Å². The summed E-state index contributed by atoms with van der Waals surface area (Å²) in [6.45, 7) is 0. The number of aromatic nitrogens is 1. The van der Waals surface area contributed by atoms with E-state index < -0.39 is 11.6 Å². The average Bonchev–Trinajstić information content (AvgIpc) is 2.41. The van der Waals surface area contributed by atoms with Crippen LogP contribution in [-0.2, 0) is 6.42 Å². The van der Waals surface area contributed by atoms with Crippen LogP contribution < -0.4 is 11.3 Å². The van der Waals surface area contributed by atoms with Gasteiger partial charge in [-0.05, 0) is 29.7 Å². The molecule has 1 heterocycles. The maximum absolute atomic E-state index is 13.6. The van der Waals surface area contributed by atoms with Crippen LogP contribution in [0.5, 0.6) is 0 Å². The number of pyridine rings is 1. The fourth-order valence-corrected chi connectivity index (χ4v) is 1.78. The van der Waals surface area contributed by atoms with Crippen LogP contribution in [0.1, 0.15) is 17.2 Å². The van der Waals surface area contributed by atoms with Gasteiger partial charge >= 0.3 is 0 Å². The number of benzene rings is 1. The molecule has 5 heteroatoms. The first-order valence-corrected chi connectivity index (χ1v) is 5.51. The van der Waals surface area contributed by atoms with E-state index in [-0.39, 0.29) is 18.0 Å². The Morgan fingerprint density at radius 3 is 2.72 bits per heavy atom. The molecule has 0 spiro atoms. The Labute approximate surface area is 104 Å². The highest BCUT2D eigenvalue weighted by Gasteiger charge is 2.15. The molecule has 0 saturated heterocycles. The zero-order chi connectivity index (χ0) is 13.0. The molecule has 1 aromatic carbocycles. The first-order valence-electron chi connectivity index (χ1n) is 5.51. The lowest BCUT2D eigenvalue weighted by Gasteiger charge is -2.16. The van der Waals surface area contributed by atoms with E-state index in [4.69, 9.17) is 5.84 Å². The van der Waals surface area contributed by atoms with E-state index >= 15 is 0 Å². The molecule has 3 N–H and O–H groups in total. The van der Waals surface area contributed by atoms with Gasteiger partial charge < -0.3 is 0 Å². The lowest BCUT2D eigenvalue weighted by molar-refractivity contribution is 0.481. The molecule has 0 aliphatic rings. The number of nitrogens with one attached hydrogen (secondary N) is 1. The second kappa shape index (κ2) is 5.66. The van der Waals surface area contributed by atoms with Crippen LogP contribution in [0.2, 0.25) is 0 Å². The molecule has 0 radical (unpaired) electrons. The van der Waals surface area contributed by atoms with Gasteiger partial charge in [0, 0.05) is 12.4 Å². The van der Waals surface area contributed by atoms with Gasteiger partial charge in [0.1, 0.15) is 0 Å². The quantitative estimate of drug-likeness (QED) is 0.644. The molecule has 18 heavy (non-hydrogen) atoms. The molecule has 94 valence electrons. The van der Waals surface area contributed by atoms with Crippen molar-refractivity contribution >= 4 is 0 Å². The van der Waals surface area contributed by atoms with Crippen molar-refractivity contribution in [1.82, 2.24) is 10.4 Å². The van der Waals surface area contributed by atoms with Gasteiger partial charge in [0.15, 0.2) is 11.6 Å². The maximum atomic E-state index is 13.6. The summed E-state index contributed by atoms with van der Waals surface area (Å²) >= 11 is 0. The lowest BCUT2D eigenvalue weighted by Crippen LogP contribution is -2.30. The summed E-state index contributed by atoms with van der Waals surface area (Å²) in [5.41, 5.74) is 3.69. The van der Waals surface area contributed by atoms with Gasteiger partial charge in [-0.1, -0.05) is 18.2 Å². The Kier molecular flexibility index (Phi) is 3.96. The molecule has 1 unspecified atom stereocenters. The van der Waals surface area contributed by atoms with Gasteiger partial charge in [-0.3, -0.25) is 16.3 Å². The minimum absolute atomic E-state index is 0.256. The van der Waals surface area contributed by atoms with Crippen molar-refractivity contribution in [1.29, 1.82) is 0 Å². The highest BCUT2D eigenvalue weighted by atomic mass is 19.2. The Morgan fingerprint density at radius 1 is 1.22 bits per heavy atom. The van der Waals surface area contributed by atoms with Crippen LogP contribution in [-0.4, -0.2) is 4.98 Å². The van der Waals surface area contributed by atoms with Crippen LogP contribution in [0.4, 0.5) is 8.78 Å². The standard InChI is InChI=1S/C13H13F2N3/c14-11-5-1-3-9(13(11)15)7-12(18-16)10-4-2-6-17-8-10/h1-6,8,12,18H,7,16H2. The first-order chi connectivity index (χ1) is 8.72. The van der Waals surface area contributed by atoms with Crippen LogP contribution in [0.3, 0.4) is 0 Å². The molecule has 0 aliphatic carbocycles. The molecule has 0 saturated carbocycles. The van der Waals surface area contributed by atoms with E-state index in [0.29, 0.717) is 0 Å². The normalized spacial score (nSPS) is 12.4. The van der Waals surface area contributed by atoms with Gasteiger partial charge in [0.2, 0.25) is 0 Å². The summed E-state index contributed by atoms with van der Waals surface area (Å²) in [4.78, 5) is 3.97. The Bertz CT molecular complexity index is 517. The van der Waals surface area contributed by atoms with Crippen LogP contribution in [0, 0.1) is 11.6 Å². The summed E-state index contributed by atoms with van der Waals surface area (Å²) in [6.07, 6.45) is 3.54. The highest BCUT2D eigenvalue weighted by Crippen LogP contribution is 2.20. The van der Waals surface area contributed by atoms with Crippen molar-refractivity contribution in [2.24, 2.45) is 5.84 Å². The largest absolute Gasteiger partial charge is 0.271 e. The smallest absolute Gasteiger partial charge is 0.162 e. The van der Waals surface area contributed by atoms with Gasteiger partial charge in [-0.2, -0.15) is 0 Å². The van der Waals surface area contributed by atoms with Crippen molar-refractivity contribution in [2.45, 2.75) is 12.5 Å². The number of hydrogen-bond donors (Lipinski definition) is 2. The average molecular weight is 249 g/mol. The van der Waals surface area contributed by atoms with Gasteiger partial charge in [-0.15, -0.1) is 0 Å². The first kappa shape index (κ1) is 12.6. The monoisotopic (exact) mass is 249 g/mol. The number of hydrogen-bond acceptors (Lipinski definition) is 3. The number of hydrazine groups is 1. The third-order valence-corrected chi connectivity index (χ3v) is 2.74. The molecule has 1 atom stereocenters. The van der Waals surface area contributed by atoms with Crippen LogP contribution in [0.15, 0.2) is 42.7 Å². The predicted molar refractivity (Wildman–Crippen MR) is 64.4 cm³/mol. The summed E-state index contributed by atoms with van der Waals surface area (Å²) in [7, 11) is 0. The highest BCUT2D eigenvalue weighted by molar-refractivity contribution is 5.23. The molecule has 0 aliphatic heterocycles. The second-order valence-corrected chi connectivity index (χ2v) is 3.92. The molecule has 2 aromatic rings. The minimum Gasteiger partial charge on any atom is -0.271 e. The molecular formula is C13H13F2N3. The van der Waals surface area contributed by atoms with Crippen molar-refractivity contribution in [3.05, 3.63) is 65.5 Å². The van der Waals surface area contributed by atoms with Crippen molar-refractivity contribution < 1.29 is 8.78 Å². The third-order valence-electron chi connectivity index (χ3n) is 2.74. The van der Waals surface area contributed by atoms with Crippen LogP contribution in [0.25, 0.3) is 0 Å². The van der Waals surface area contributed by atoms with E-state index in [1.165, 1.54) is 6.07 Å². The molecule has 1 aromatic heterocycles. The molecule has 3 nitrogen and oxygen atoms in total. The van der Waals surface area contributed by atoms with E-state index in [1.807, 2.05) is 6.07 Å².